The number of pyridine rings is 1. The third-order valence-corrected chi connectivity index (χ3v) is 7.91. The molecule has 2 aromatic heterocycles. The largest absolute Gasteiger partial charge is 0.284 e. The summed E-state index contributed by atoms with van der Waals surface area (Å²) in [4.78, 5) is 23.8. The normalized spacial score (nSPS) is 11.5. The maximum Gasteiger partial charge on any atom is 0.230 e. The first-order valence-electron chi connectivity index (χ1n) is 10.3. The number of nitrogens with zero attached hydrogens (tertiary/aromatic N) is 3. The van der Waals surface area contributed by atoms with Gasteiger partial charge in [0.2, 0.25) is 5.91 Å². The fourth-order valence-corrected chi connectivity index (χ4v) is 5.63. The Kier molecular flexibility index (Phi) is 6.62. The lowest BCUT2D eigenvalue weighted by molar-refractivity contribution is -0.118. The van der Waals surface area contributed by atoms with Crippen LogP contribution in [0.3, 0.4) is 0 Å². The van der Waals surface area contributed by atoms with E-state index >= 15 is 0 Å². The van der Waals surface area contributed by atoms with Gasteiger partial charge >= 0.3 is 0 Å². The van der Waals surface area contributed by atoms with E-state index in [0.717, 1.165) is 22.2 Å². The molecule has 0 radical (unpaired) electrons. The van der Waals surface area contributed by atoms with Crippen molar-refractivity contribution in [1.82, 2.24) is 9.97 Å². The summed E-state index contributed by atoms with van der Waals surface area (Å²) >= 11 is 1.44. The summed E-state index contributed by atoms with van der Waals surface area (Å²) in [6.45, 7) is 2.37. The molecule has 2 heterocycles. The van der Waals surface area contributed by atoms with Gasteiger partial charge in [0.05, 0.1) is 27.4 Å². The number of rotatable bonds is 8. The van der Waals surface area contributed by atoms with E-state index in [0.29, 0.717) is 5.13 Å². The standard InChI is InChI=1S/C24H23N3O3S2/c1-2-18-10-11-21-22(15-18)31-24(26-21)27(17-19-7-6-13-25-16-19)23(28)12-14-32(29,30)20-8-4-3-5-9-20/h3-11,13,15-16H,2,12,14,17H2,1H3. The predicted molar refractivity (Wildman–Crippen MR) is 128 cm³/mol. The van der Waals surface area contributed by atoms with Crippen LogP contribution in [0.15, 0.2) is 78.0 Å². The van der Waals surface area contributed by atoms with Crippen molar-refractivity contribution < 1.29 is 13.2 Å². The highest BCUT2D eigenvalue weighted by Crippen LogP contribution is 2.31. The number of amides is 1. The molecule has 0 atom stereocenters. The number of thiazole rings is 1. The van der Waals surface area contributed by atoms with E-state index in [4.69, 9.17) is 0 Å². The van der Waals surface area contributed by atoms with Crippen LogP contribution in [0.5, 0.6) is 0 Å². The van der Waals surface area contributed by atoms with Gasteiger partial charge in [-0.3, -0.25) is 14.7 Å². The zero-order valence-electron chi connectivity index (χ0n) is 17.6. The molecule has 1 amide bonds. The van der Waals surface area contributed by atoms with Crippen LogP contribution < -0.4 is 4.90 Å². The van der Waals surface area contributed by atoms with E-state index in [2.05, 4.69) is 23.0 Å². The van der Waals surface area contributed by atoms with E-state index in [1.165, 1.54) is 16.9 Å². The molecule has 0 aliphatic heterocycles. The van der Waals surface area contributed by atoms with Gasteiger partial charge in [-0.15, -0.1) is 0 Å². The molecule has 0 saturated carbocycles. The van der Waals surface area contributed by atoms with Crippen molar-refractivity contribution in [3.8, 4) is 0 Å². The lowest BCUT2D eigenvalue weighted by Gasteiger charge is -2.20. The van der Waals surface area contributed by atoms with Gasteiger partial charge in [0.1, 0.15) is 0 Å². The molecule has 164 valence electrons. The summed E-state index contributed by atoms with van der Waals surface area (Å²) in [6, 6.07) is 18.0. The molecule has 6 nitrogen and oxygen atoms in total. The van der Waals surface area contributed by atoms with Gasteiger partial charge in [-0.05, 0) is 47.9 Å². The Bertz CT molecular complexity index is 1320. The Balaban J connectivity index is 1.61. The fraction of sp³-hybridized carbons (Fsp3) is 0.208. The van der Waals surface area contributed by atoms with E-state index < -0.39 is 9.84 Å². The first-order valence-corrected chi connectivity index (χ1v) is 12.8. The lowest BCUT2D eigenvalue weighted by atomic mass is 10.2. The van der Waals surface area contributed by atoms with Crippen LogP contribution in [-0.2, 0) is 27.6 Å². The Morgan fingerprint density at radius 2 is 1.84 bits per heavy atom. The number of benzene rings is 2. The van der Waals surface area contributed by atoms with Crippen LogP contribution in [-0.4, -0.2) is 30.0 Å². The van der Waals surface area contributed by atoms with Gasteiger partial charge < -0.3 is 0 Å². The molecular formula is C24H23N3O3S2. The minimum Gasteiger partial charge on any atom is -0.284 e. The maximum atomic E-state index is 13.2. The number of aromatic nitrogens is 2. The number of aryl methyl sites for hydroxylation is 1. The topological polar surface area (TPSA) is 80.2 Å². The molecule has 32 heavy (non-hydrogen) atoms. The number of hydrogen-bond acceptors (Lipinski definition) is 6. The fourth-order valence-electron chi connectivity index (χ4n) is 3.33. The molecule has 0 unspecified atom stereocenters. The number of carbonyl (C=O) groups is 1. The zero-order chi connectivity index (χ0) is 22.6. The SMILES string of the molecule is CCc1ccc2nc(N(Cc3cccnc3)C(=O)CCS(=O)(=O)c3ccccc3)sc2c1. The highest BCUT2D eigenvalue weighted by atomic mass is 32.2. The van der Waals surface area contributed by atoms with Crippen molar-refractivity contribution in [2.75, 3.05) is 10.7 Å². The van der Waals surface area contributed by atoms with Crippen molar-refractivity contribution in [1.29, 1.82) is 0 Å². The number of anilines is 1. The van der Waals surface area contributed by atoms with Gasteiger partial charge in [0, 0.05) is 18.8 Å². The maximum absolute atomic E-state index is 13.2. The van der Waals surface area contributed by atoms with E-state index in [1.54, 1.807) is 47.6 Å². The molecule has 0 aliphatic carbocycles. The molecule has 4 rings (SSSR count). The second kappa shape index (κ2) is 9.58. The van der Waals surface area contributed by atoms with Crippen LogP contribution in [0.2, 0.25) is 0 Å². The average Bonchev–Trinajstić information content (AvgIpc) is 3.25. The van der Waals surface area contributed by atoms with Crippen molar-refractivity contribution >= 4 is 42.4 Å². The molecule has 2 aromatic carbocycles. The van der Waals surface area contributed by atoms with Crippen molar-refractivity contribution in [3.63, 3.8) is 0 Å². The van der Waals surface area contributed by atoms with Crippen LogP contribution >= 0.6 is 11.3 Å². The van der Waals surface area contributed by atoms with Gasteiger partial charge in [-0.25, -0.2) is 13.4 Å². The highest BCUT2D eigenvalue weighted by molar-refractivity contribution is 7.91. The molecule has 0 spiro atoms. The Labute approximate surface area is 191 Å². The quantitative estimate of drug-likeness (QED) is 0.378. The lowest BCUT2D eigenvalue weighted by Crippen LogP contribution is -2.31. The first-order chi connectivity index (χ1) is 15.5. The molecule has 0 N–H and O–H groups in total. The van der Waals surface area contributed by atoms with Crippen molar-refractivity contribution in [2.45, 2.75) is 31.2 Å². The molecule has 4 aromatic rings. The zero-order valence-corrected chi connectivity index (χ0v) is 19.3. The monoisotopic (exact) mass is 465 g/mol. The Morgan fingerprint density at radius 1 is 1.03 bits per heavy atom. The van der Waals surface area contributed by atoms with Crippen LogP contribution in [0.25, 0.3) is 10.2 Å². The van der Waals surface area contributed by atoms with E-state index in [-0.39, 0.29) is 29.5 Å². The first kappa shape index (κ1) is 22.1. The summed E-state index contributed by atoms with van der Waals surface area (Å²) in [5, 5.41) is 0.555. The van der Waals surface area contributed by atoms with Gasteiger partial charge in [-0.2, -0.15) is 0 Å². The highest BCUT2D eigenvalue weighted by Gasteiger charge is 2.23. The number of hydrogen-bond donors (Lipinski definition) is 0. The van der Waals surface area contributed by atoms with Crippen molar-refractivity contribution in [3.05, 3.63) is 84.2 Å². The Hall–Kier alpha value is -3.10. The predicted octanol–water partition coefficient (Wildman–Crippen LogP) is 4.65. The number of sulfone groups is 1. The summed E-state index contributed by atoms with van der Waals surface area (Å²) < 4.78 is 26.3. The summed E-state index contributed by atoms with van der Waals surface area (Å²) in [7, 11) is -3.55. The second-order valence-electron chi connectivity index (χ2n) is 7.38. The molecule has 0 aliphatic rings. The second-order valence-corrected chi connectivity index (χ2v) is 10.5. The third kappa shape index (κ3) is 5.03. The number of fused-ring (bicyclic) bond motifs is 1. The van der Waals surface area contributed by atoms with E-state index in [1.807, 2.05) is 24.3 Å². The van der Waals surface area contributed by atoms with Crippen LogP contribution in [0, 0.1) is 0 Å². The molecule has 8 heteroatoms. The molecule has 0 fully saturated rings. The summed E-state index contributed by atoms with van der Waals surface area (Å²) in [5.74, 6) is -0.548. The molecule has 0 saturated heterocycles. The summed E-state index contributed by atoms with van der Waals surface area (Å²) in [5.41, 5.74) is 2.87. The smallest absolute Gasteiger partial charge is 0.230 e. The van der Waals surface area contributed by atoms with Gasteiger partial charge in [0.15, 0.2) is 15.0 Å². The van der Waals surface area contributed by atoms with Gasteiger partial charge in [-0.1, -0.05) is 48.6 Å². The minimum atomic E-state index is -3.55. The Morgan fingerprint density at radius 3 is 2.56 bits per heavy atom. The number of carbonyl (C=O) groups excluding carboxylic acids is 1. The van der Waals surface area contributed by atoms with Gasteiger partial charge in [0.25, 0.3) is 0 Å². The van der Waals surface area contributed by atoms with Crippen LogP contribution in [0.4, 0.5) is 5.13 Å². The van der Waals surface area contributed by atoms with E-state index in [9.17, 15) is 13.2 Å². The average molecular weight is 466 g/mol. The van der Waals surface area contributed by atoms with Crippen LogP contribution in [0.1, 0.15) is 24.5 Å². The third-order valence-electron chi connectivity index (χ3n) is 5.13. The molecular weight excluding hydrogens is 442 g/mol. The minimum absolute atomic E-state index is 0.131. The molecule has 0 bridgehead atoms. The van der Waals surface area contributed by atoms with Crippen molar-refractivity contribution in [2.24, 2.45) is 0 Å². The summed E-state index contributed by atoms with van der Waals surface area (Å²) in [6.07, 6.45) is 4.15.